The number of benzene rings is 3. The van der Waals surface area contributed by atoms with Crippen molar-refractivity contribution < 1.29 is 9.53 Å². The highest BCUT2D eigenvalue weighted by molar-refractivity contribution is 5.95. The summed E-state index contributed by atoms with van der Waals surface area (Å²) in [5.74, 6) is 1.09. The third-order valence-electron chi connectivity index (χ3n) is 8.78. The maximum atomic E-state index is 13.5. The number of aromatic nitrogens is 1. The largest absolute Gasteiger partial charge is 0.492 e. The number of pyridine rings is 1. The van der Waals surface area contributed by atoms with Crippen LogP contribution in [0.2, 0.25) is 0 Å². The summed E-state index contributed by atoms with van der Waals surface area (Å²) < 4.78 is 6.33. The molecule has 0 bridgehead atoms. The lowest BCUT2D eigenvalue weighted by Gasteiger charge is -2.45. The second kappa shape index (κ2) is 12.2. The molecule has 0 saturated carbocycles. The molecule has 3 heterocycles. The minimum Gasteiger partial charge on any atom is -0.492 e. The highest BCUT2D eigenvalue weighted by Crippen LogP contribution is 2.39. The number of hydrogen-bond donors (Lipinski definition) is 0. The minimum absolute atomic E-state index is 0.0555. The van der Waals surface area contributed by atoms with Gasteiger partial charge >= 0.3 is 0 Å². The molecule has 6 rings (SSSR count). The van der Waals surface area contributed by atoms with E-state index < -0.39 is 0 Å². The summed E-state index contributed by atoms with van der Waals surface area (Å²) in [5, 5.41) is 1.06. The van der Waals surface area contributed by atoms with Crippen LogP contribution < -0.4 is 4.74 Å². The van der Waals surface area contributed by atoms with Gasteiger partial charge in [-0.3, -0.25) is 9.69 Å². The van der Waals surface area contributed by atoms with Crippen molar-refractivity contribution in [2.45, 2.75) is 45.1 Å². The molecule has 0 atom stereocenters. The molecule has 5 heteroatoms. The first-order chi connectivity index (χ1) is 19.7. The van der Waals surface area contributed by atoms with Crippen molar-refractivity contribution >= 4 is 16.8 Å². The number of fused-ring (bicyclic) bond motifs is 2. The molecule has 0 N–H and O–H groups in total. The maximum absolute atomic E-state index is 13.5. The number of likely N-dealkylation sites (tertiary alicyclic amines) is 1. The van der Waals surface area contributed by atoms with Gasteiger partial charge in [0.05, 0.1) is 5.52 Å². The molecule has 206 valence electrons. The Hall–Kier alpha value is -3.70. The summed E-state index contributed by atoms with van der Waals surface area (Å²) in [6.45, 7) is 5.07. The Morgan fingerprint density at radius 3 is 2.45 bits per heavy atom. The normalized spacial score (nSPS) is 18.4. The molecule has 1 amide bonds. The number of ether oxygens (including phenoxy) is 1. The van der Waals surface area contributed by atoms with E-state index in [9.17, 15) is 4.79 Å². The maximum Gasteiger partial charge on any atom is 0.272 e. The summed E-state index contributed by atoms with van der Waals surface area (Å²) in [6.07, 6.45) is 6.64. The molecule has 40 heavy (non-hydrogen) atoms. The highest BCUT2D eigenvalue weighted by atomic mass is 16.5. The second-order valence-electron chi connectivity index (χ2n) is 11.5. The average molecular weight is 534 g/mol. The second-order valence-corrected chi connectivity index (χ2v) is 11.5. The van der Waals surface area contributed by atoms with E-state index in [0.29, 0.717) is 12.3 Å². The number of piperidine rings is 1. The van der Waals surface area contributed by atoms with Crippen LogP contribution in [0, 0.1) is 5.41 Å². The van der Waals surface area contributed by atoms with Crippen molar-refractivity contribution in [3.63, 3.8) is 0 Å². The Bertz CT molecular complexity index is 1430. The van der Waals surface area contributed by atoms with Gasteiger partial charge in [-0.2, -0.15) is 0 Å². The molecule has 2 aliphatic heterocycles. The molecule has 0 radical (unpaired) electrons. The van der Waals surface area contributed by atoms with E-state index in [0.717, 1.165) is 75.1 Å². The standard InChI is InChI=1S/C35H39N3O2/c39-34(32-18-17-29-12-4-6-15-31(29)36-32)38-22-20-35(21-23-38)19-9-8-14-30-13-5-7-16-33(30)40-25-24-37(27-35)26-28-10-2-1-3-11-28/h1-7,10-13,15-18H,8-9,14,19-27H2. The van der Waals surface area contributed by atoms with E-state index in [-0.39, 0.29) is 11.3 Å². The molecular weight excluding hydrogens is 494 g/mol. The zero-order chi connectivity index (χ0) is 27.2. The van der Waals surface area contributed by atoms with Gasteiger partial charge in [0.25, 0.3) is 5.91 Å². The Kier molecular flexibility index (Phi) is 8.10. The first-order valence-corrected chi connectivity index (χ1v) is 14.8. The molecule has 1 saturated heterocycles. The van der Waals surface area contributed by atoms with Crippen LogP contribution in [0.15, 0.2) is 91.0 Å². The van der Waals surface area contributed by atoms with Crippen LogP contribution in [-0.4, -0.2) is 53.5 Å². The molecule has 2 aliphatic rings. The van der Waals surface area contributed by atoms with E-state index in [2.05, 4.69) is 64.5 Å². The predicted octanol–water partition coefficient (Wildman–Crippen LogP) is 6.76. The van der Waals surface area contributed by atoms with Crippen molar-refractivity contribution in [3.05, 3.63) is 108 Å². The molecule has 0 unspecified atom stereocenters. The number of aryl methyl sites for hydroxylation is 1. The Balaban J connectivity index is 1.19. The number of nitrogens with zero attached hydrogens (tertiary/aromatic N) is 3. The zero-order valence-corrected chi connectivity index (χ0v) is 23.3. The third kappa shape index (κ3) is 6.20. The van der Waals surface area contributed by atoms with E-state index in [4.69, 9.17) is 4.74 Å². The fourth-order valence-corrected chi connectivity index (χ4v) is 6.50. The number of carbonyl (C=O) groups is 1. The Morgan fingerprint density at radius 2 is 1.57 bits per heavy atom. The van der Waals surface area contributed by atoms with Crippen molar-refractivity contribution in [2.24, 2.45) is 5.41 Å². The fraction of sp³-hybridized carbons (Fsp3) is 0.371. The van der Waals surface area contributed by atoms with Crippen LogP contribution in [0.3, 0.4) is 0 Å². The lowest BCUT2D eigenvalue weighted by Crippen LogP contribution is -2.48. The predicted molar refractivity (Wildman–Crippen MR) is 161 cm³/mol. The Morgan fingerprint density at radius 1 is 0.800 bits per heavy atom. The number of para-hydroxylation sites is 2. The summed E-state index contributed by atoms with van der Waals surface area (Å²) in [5.41, 5.74) is 4.27. The molecule has 3 aromatic carbocycles. The van der Waals surface area contributed by atoms with Crippen LogP contribution in [-0.2, 0) is 13.0 Å². The third-order valence-corrected chi connectivity index (χ3v) is 8.78. The Labute approximate surface area is 237 Å². The number of rotatable bonds is 3. The lowest BCUT2D eigenvalue weighted by molar-refractivity contribution is 0.0358. The molecular formula is C35H39N3O2. The molecule has 5 nitrogen and oxygen atoms in total. The van der Waals surface area contributed by atoms with E-state index in [1.54, 1.807) is 0 Å². The van der Waals surface area contributed by atoms with Crippen LogP contribution in [0.25, 0.3) is 10.9 Å². The minimum atomic E-state index is 0.0555. The van der Waals surface area contributed by atoms with E-state index in [1.165, 1.54) is 24.0 Å². The van der Waals surface area contributed by atoms with Crippen molar-refractivity contribution in [1.82, 2.24) is 14.8 Å². The molecule has 1 aromatic heterocycles. The van der Waals surface area contributed by atoms with Crippen LogP contribution in [0.4, 0.5) is 0 Å². The topological polar surface area (TPSA) is 45.7 Å². The van der Waals surface area contributed by atoms with Gasteiger partial charge in [-0.05, 0) is 66.8 Å². The van der Waals surface area contributed by atoms with Gasteiger partial charge in [-0.25, -0.2) is 4.98 Å². The fourth-order valence-electron chi connectivity index (χ4n) is 6.50. The van der Waals surface area contributed by atoms with Gasteiger partial charge in [0.2, 0.25) is 0 Å². The molecule has 0 aliphatic carbocycles. The smallest absolute Gasteiger partial charge is 0.272 e. The monoisotopic (exact) mass is 533 g/mol. The van der Waals surface area contributed by atoms with Crippen LogP contribution >= 0.6 is 0 Å². The summed E-state index contributed by atoms with van der Waals surface area (Å²) >= 11 is 0. The summed E-state index contributed by atoms with van der Waals surface area (Å²) in [6, 6.07) is 31.2. The first kappa shape index (κ1) is 26.5. The van der Waals surface area contributed by atoms with Gasteiger partial charge < -0.3 is 9.64 Å². The van der Waals surface area contributed by atoms with E-state index in [1.807, 2.05) is 41.3 Å². The average Bonchev–Trinajstić information content (AvgIpc) is 3.00. The first-order valence-electron chi connectivity index (χ1n) is 14.8. The zero-order valence-electron chi connectivity index (χ0n) is 23.3. The molecule has 4 aromatic rings. The van der Waals surface area contributed by atoms with Gasteiger partial charge in [-0.15, -0.1) is 0 Å². The van der Waals surface area contributed by atoms with Gasteiger partial charge in [0.1, 0.15) is 18.1 Å². The SMILES string of the molecule is O=C(c1ccc2ccccc2n1)N1CCC2(CCCCc3ccccc3OCCN(Cc3ccccc3)C2)CC1. The number of hydrogen-bond acceptors (Lipinski definition) is 4. The van der Waals surface area contributed by atoms with Crippen LogP contribution in [0.5, 0.6) is 5.75 Å². The van der Waals surface area contributed by atoms with Gasteiger partial charge in [0, 0.05) is 38.1 Å². The molecule has 1 fully saturated rings. The summed E-state index contributed by atoms with van der Waals surface area (Å²) in [4.78, 5) is 22.8. The quantitative estimate of drug-likeness (QED) is 0.292. The van der Waals surface area contributed by atoms with Crippen molar-refractivity contribution in [3.8, 4) is 5.75 Å². The molecule has 1 spiro atoms. The van der Waals surface area contributed by atoms with Crippen molar-refractivity contribution in [2.75, 3.05) is 32.8 Å². The summed E-state index contributed by atoms with van der Waals surface area (Å²) in [7, 11) is 0. The number of carbonyl (C=O) groups excluding carboxylic acids is 1. The lowest BCUT2D eigenvalue weighted by atomic mass is 9.73. The van der Waals surface area contributed by atoms with Crippen LogP contribution in [0.1, 0.15) is 53.7 Å². The van der Waals surface area contributed by atoms with E-state index >= 15 is 0 Å². The van der Waals surface area contributed by atoms with Gasteiger partial charge in [0.15, 0.2) is 0 Å². The highest BCUT2D eigenvalue weighted by Gasteiger charge is 2.37. The van der Waals surface area contributed by atoms with Gasteiger partial charge in [-0.1, -0.05) is 79.2 Å². The number of amides is 1. The van der Waals surface area contributed by atoms with Crippen molar-refractivity contribution in [1.29, 1.82) is 0 Å².